The van der Waals surface area contributed by atoms with Gasteiger partial charge in [-0.15, -0.1) is 0 Å². The Morgan fingerprint density at radius 1 is 1.43 bits per heavy atom. The molecule has 0 amide bonds. The van der Waals surface area contributed by atoms with E-state index in [1.54, 1.807) is 0 Å². The molecule has 1 unspecified atom stereocenters. The third-order valence-electron chi connectivity index (χ3n) is 3.35. The van der Waals surface area contributed by atoms with Crippen LogP contribution < -0.4 is 5.73 Å². The molecule has 0 bridgehead atoms. The average Bonchev–Trinajstić information content (AvgIpc) is 3.17. The Morgan fingerprint density at radius 3 is 2.76 bits per heavy atom. The van der Waals surface area contributed by atoms with E-state index in [0.717, 1.165) is 25.0 Å². The van der Waals surface area contributed by atoms with E-state index in [4.69, 9.17) is 10.3 Å². The van der Waals surface area contributed by atoms with Gasteiger partial charge in [-0.2, -0.15) is 9.37 Å². The first-order valence-electron chi connectivity index (χ1n) is 6.21. The van der Waals surface area contributed by atoms with Crippen LogP contribution >= 0.6 is 0 Å². The number of halogens is 2. The average molecular weight is 296 g/mol. The number of nitrogens with zero attached hydrogens (tertiary/aromatic N) is 3. The minimum atomic E-state index is -1.34. The molecule has 9 heteroatoms. The maximum Gasteiger partial charge on any atom is 0.305 e. The summed E-state index contributed by atoms with van der Waals surface area (Å²) in [7, 11) is 0. The number of nitro benzene ring substituents is 1. The topological polar surface area (TPSA) is 108 Å². The number of nitrogens with two attached hydrogens (primary N) is 1. The molecule has 110 valence electrons. The summed E-state index contributed by atoms with van der Waals surface area (Å²) in [4.78, 5) is 13.6. The summed E-state index contributed by atoms with van der Waals surface area (Å²) >= 11 is 0. The fourth-order valence-electron chi connectivity index (χ4n) is 2.02. The van der Waals surface area contributed by atoms with Crippen LogP contribution in [0.25, 0.3) is 11.4 Å². The van der Waals surface area contributed by atoms with Crippen LogP contribution in [0.15, 0.2) is 16.7 Å². The lowest BCUT2D eigenvalue weighted by Crippen LogP contribution is -2.12. The third-order valence-corrected chi connectivity index (χ3v) is 3.35. The van der Waals surface area contributed by atoms with E-state index in [2.05, 4.69) is 10.1 Å². The number of nitro groups is 1. The molecular formula is C12H10F2N4O3. The maximum atomic E-state index is 14.0. The quantitative estimate of drug-likeness (QED) is 0.685. The van der Waals surface area contributed by atoms with E-state index in [9.17, 15) is 18.9 Å². The van der Waals surface area contributed by atoms with E-state index in [-0.39, 0.29) is 17.6 Å². The monoisotopic (exact) mass is 296 g/mol. The van der Waals surface area contributed by atoms with E-state index in [0.29, 0.717) is 0 Å². The highest BCUT2D eigenvalue weighted by Gasteiger charge is 2.34. The van der Waals surface area contributed by atoms with Crippen molar-refractivity contribution < 1.29 is 18.2 Å². The molecule has 1 heterocycles. The van der Waals surface area contributed by atoms with Gasteiger partial charge in [0.05, 0.1) is 11.0 Å². The number of aromatic nitrogens is 2. The van der Waals surface area contributed by atoms with Crippen LogP contribution in [0.2, 0.25) is 0 Å². The minimum Gasteiger partial charge on any atom is -0.337 e. The molecule has 7 nitrogen and oxygen atoms in total. The van der Waals surface area contributed by atoms with Crippen molar-refractivity contribution in [2.45, 2.75) is 18.9 Å². The van der Waals surface area contributed by atoms with Crippen molar-refractivity contribution in [1.82, 2.24) is 10.1 Å². The second kappa shape index (κ2) is 4.85. The third kappa shape index (κ3) is 2.35. The van der Waals surface area contributed by atoms with Crippen molar-refractivity contribution in [2.75, 3.05) is 0 Å². The molecule has 0 spiro atoms. The van der Waals surface area contributed by atoms with Crippen LogP contribution in [0.3, 0.4) is 0 Å². The zero-order valence-electron chi connectivity index (χ0n) is 10.6. The smallest absolute Gasteiger partial charge is 0.305 e. The van der Waals surface area contributed by atoms with Crippen molar-refractivity contribution >= 4 is 5.69 Å². The summed E-state index contributed by atoms with van der Waals surface area (Å²) in [6, 6.07) is 1.04. The minimum absolute atomic E-state index is 0.0674. The summed E-state index contributed by atoms with van der Waals surface area (Å²) in [5, 5.41) is 14.2. The fraction of sp³-hybridized carbons (Fsp3) is 0.333. The molecule has 1 aromatic heterocycles. The molecular weight excluding hydrogens is 286 g/mol. The Kier molecular flexibility index (Phi) is 3.13. The zero-order valence-corrected chi connectivity index (χ0v) is 10.6. The van der Waals surface area contributed by atoms with Crippen molar-refractivity contribution in [3.05, 3.63) is 39.8 Å². The molecule has 1 aromatic carbocycles. The summed E-state index contributed by atoms with van der Waals surface area (Å²) in [5.74, 6) is -2.45. The predicted molar refractivity (Wildman–Crippen MR) is 66.0 cm³/mol. The molecule has 1 aliphatic rings. The molecule has 1 fully saturated rings. The summed E-state index contributed by atoms with van der Waals surface area (Å²) in [6.45, 7) is 0. The molecule has 1 atom stereocenters. The van der Waals surface area contributed by atoms with Crippen molar-refractivity contribution in [3.8, 4) is 11.4 Å². The van der Waals surface area contributed by atoms with Crippen LogP contribution in [0.4, 0.5) is 14.5 Å². The van der Waals surface area contributed by atoms with Gasteiger partial charge in [-0.3, -0.25) is 10.1 Å². The van der Waals surface area contributed by atoms with Gasteiger partial charge < -0.3 is 10.3 Å². The highest BCUT2D eigenvalue weighted by atomic mass is 19.1. The largest absolute Gasteiger partial charge is 0.337 e. The Morgan fingerprint density at radius 2 is 2.14 bits per heavy atom. The lowest BCUT2D eigenvalue weighted by Gasteiger charge is -2.02. The molecule has 21 heavy (non-hydrogen) atoms. The number of rotatable bonds is 4. The first-order chi connectivity index (χ1) is 9.99. The van der Waals surface area contributed by atoms with Gasteiger partial charge in [0, 0.05) is 6.07 Å². The predicted octanol–water partition coefficient (Wildman–Crippen LogP) is 2.33. The van der Waals surface area contributed by atoms with E-state index in [1.807, 2.05) is 0 Å². The van der Waals surface area contributed by atoms with Gasteiger partial charge in [-0.1, -0.05) is 5.16 Å². The van der Waals surface area contributed by atoms with Gasteiger partial charge in [0.15, 0.2) is 0 Å². The molecule has 0 saturated heterocycles. The van der Waals surface area contributed by atoms with Crippen LogP contribution in [-0.2, 0) is 0 Å². The first-order valence-corrected chi connectivity index (χ1v) is 6.21. The molecule has 2 N–H and O–H groups in total. The molecule has 1 saturated carbocycles. The van der Waals surface area contributed by atoms with Crippen molar-refractivity contribution in [2.24, 2.45) is 11.7 Å². The highest BCUT2D eigenvalue weighted by molar-refractivity contribution is 5.61. The van der Waals surface area contributed by atoms with Gasteiger partial charge in [-0.25, -0.2) is 4.39 Å². The lowest BCUT2D eigenvalue weighted by molar-refractivity contribution is -0.387. The first kappa shape index (κ1) is 13.6. The normalized spacial score (nSPS) is 16.0. The lowest BCUT2D eigenvalue weighted by atomic mass is 10.1. The van der Waals surface area contributed by atoms with Crippen LogP contribution in [0.1, 0.15) is 24.8 Å². The number of hydrogen-bond acceptors (Lipinski definition) is 6. The zero-order chi connectivity index (χ0) is 15.1. The van der Waals surface area contributed by atoms with Crippen LogP contribution in [0, 0.1) is 27.7 Å². The summed E-state index contributed by atoms with van der Waals surface area (Å²) in [6.07, 6.45) is 1.86. The van der Waals surface area contributed by atoms with Crippen molar-refractivity contribution in [1.29, 1.82) is 0 Å². The Bertz CT molecular complexity index is 715. The van der Waals surface area contributed by atoms with Crippen LogP contribution in [-0.4, -0.2) is 15.1 Å². The Hall–Kier alpha value is -2.42. The molecule has 3 rings (SSSR count). The SMILES string of the molecule is NC(c1nc(-c2c(F)ccc([N+](=O)[O-])c2F)no1)C1CC1. The van der Waals surface area contributed by atoms with E-state index in [1.165, 1.54) is 0 Å². The van der Waals surface area contributed by atoms with Gasteiger partial charge in [0.25, 0.3) is 0 Å². The van der Waals surface area contributed by atoms with Gasteiger partial charge in [-0.05, 0) is 24.8 Å². The van der Waals surface area contributed by atoms with Gasteiger partial charge >= 0.3 is 5.69 Å². The molecule has 2 aromatic rings. The van der Waals surface area contributed by atoms with E-state index >= 15 is 0 Å². The number of hydrogen-bond donors (Lipinski definition) is 1. The Labute approximate surface area is 116 Å². The van der Waals surface area contributed by atoms with Crippen molar-refractivity contribution in [3.63, 3.8) is 0 Å². The Balaban J connectivity index is 2.03. The molecule has 0 aliphatic heterocycles. The van der Waals surface area contributed by atoms with E-state index < -0.39 is 33.9 Å². The fourth-order valence-corrected chi connectivity index (χ4v) is 2.02. The molecule has 1 aliphatic carbocycles. The molecule has 0 radical (unpaired) electrons. The second-order valence-electron chi connectivity index (χ2n) is 4.83. The second-order valence-corrected chi connectivity index (χ2v) is 4.83. The highest BCUT2D eigenvalue weighted by Crippen LogP contribution is 2.39. The maximum absolute atomic E-state index is 14.0. The standard InChI is InChI=1S/C12H10F2N4O3/c13-6-3-4-7(18(19)20)9(14)8(6)11-16-12(21-17-11)10(15)5-1-2-5/h3-5,10H,1-2,15H2. The number of benzene rings is 1. The van der Waals surface area contributed by atoms with Gasteiger partial charge in [0.1, 0.15) is 11.4 Å². The summed E-state index contributed by atoms with van der Waals surface area (Å²) < 4.78 is 32.7. The van der Waals surface area contributed by atoms with Gasteiger partial charge in [0.2, 0.25) is 17.5 Å². The van der Waals surface area contributed by atoms with Crippen LogP contribution in [0.5, 0.6) is 0 Å². The summed E-state index contributed by atoms with van der Waals surface area (Å²) in [5.41, 5.74) is 4.30.